The highest BCUT2D eigenvalue weighted by Gasteiger charge is 2.05. The molecule has 0 aliphatic carbocycles. The molecular formula is C21H28O2. The fourth-order valence-corrected chi connectivity index (χ4v) is 2.05. The van der Waals surface area contributed by atoms with E-state index in [1.165, 1.54) is 23.1 Å². The van der Waals surface area contributed by atoms with Crippen LogP contribution in [0.25, 0.3) is 11.1 Å². The molecule has 0 radical (unpaired) electrons. The molecule has 2 nitrogen and oxygen atoms in total. The van der Waals surface area contributed by atoms with Gasteiger partial charge in [0.2, 0.25) is 0 Å². The molecule has 0 heterocycles. The molecule has 0 aliphatic heterocycles. The smallest absolute Gasteiger partial charge is 0.306 e. The number of carbonyl (C=O) groups is 1. The van der Waals surface area contributed by atoms with Gasteiger partial charge in [-0.05, 0) is 35.4 Å². The highest BCUT2D eigenvalue weighted by molar-refractivity contribution is 5.69. The molecule has 0 bridgehead atoms. The van der Waals surface area contributed by atoms with Crippen LogP contribution in [0.3, 0.4) is 0 Å². The molecule has 0 saturated carbocycles. The van der Waals surface area contributed by atoms with Gasteiger partial charge in [0.25, 0.3) is 0 Å². The molecule has 124 valence electrons. The van der Waals surface area contributed by atoms with E-state index in [1.54, 1.807) is 6.92 Å². The first-order valence-corrected chi connectivity index (χ1v) is 8.37. The second-order valence-corrected chi connectivity index (χ2v) is 5.94. The maximum absolute atomic E-state index is 9.93. The highest BCUT2D eigenvalue weighted by Crippen LogP contribution is 2.23. The first kappa shape index (κ1) is 19.0. The molecule has 23 heavy (non-hydrogen) atoms. The summed E-state index contributed by atoms with van der Waals surface area (Å²) >= 11 is 0. The summed E-state index contributed by atoms with van der Waals surface area (Å²) in [6, 6.07) is 19.4. The van der Waals surface area contributed by atoms with Crippen molar-refractivity contribution in [2.75, 3.05) is 0 Å². The summed E-state index contributed by atoms with van der Waals surface area (Å²) in [5, 5.41) is 8.18. The summed E-state index contributed by atoms with van der Waals surface area (Å²) in [4.78, 5) is 9.93. The molecule has 2 unspecified atom stereocenters. The Morgan fingerprint density at radius 2 is 1.39 bits per heavy atom. The van der Waals surface area contributed by atoms with Crippen LogP contribution in [0.2, 0.25) is 0 Å². The second kappa shape index (κ2) is 9.83. The zero-order valence-electron chi connectivity index (χ0n) is 14.6. The van der Waals surface area contributed by atoms with Gasteiger partial charge in [-0.25, -0.2) is 0 Å². The van der Waals surface area contributed by atoms with Crippen LogP contribution in [-0.4, -0.2) is 11.1 Å². The van der Waals surface area contributed by atoms with Crippen molar-refractivity contribution in [1.82, 2.24) is 0 Å². The predicted molar refractivity (Wildman–Crippen MR) is 97.7 cm³/mol. The number of carboxylic acids is 1. The quantitative estimate of drug-likeness (QED) is 0.737. The lowest BCUT2D eigenvalue weighted by Gasteiger charge is -2.09. The SMILES string of the molecule is CCC(C)C(=O)O.CCC(C)c1ccc(-c2ccccc2)cc1. The molecule has 0 spiro atoms. The lowest BCUT2D eigenvalue weighted by molar-refractivity contribution is -0.141. The van der Waals surface area contributed by atoms with E-state index in [-0.39, 0.29) is 5.92 Å². The Balaban J connectivity index is 0.000000322. The minimum absolute atomic E-state index is 0.181. The van der Waals surface area contributed by atoms with Crippen LogP contribution in [0.4, 0.5) is 0 Å². The van der Waals surface area contributed by atoms with Gasteiger partial charge in [-0.2, -0.15) is 0 Å². The molecular weight excluding hydrogens is 284 g/mol. The van der Waals surface area contributed by atoms with Crippen LogP contribution in [0.5, 0.6) is 0 Å². The lowest BCUT2D eigenvalue weighted by Crippen LogP contribution is -2.06. The van der Waals surface area contributed by atoms with Crippen LogP contribution in [-0.2, 0) is 4.79 Å². The molecule has 2 heteroatoms. The van der Waals surface area contributed by atoms with Gasteiger partial charge in [0.05, 0.1) is 5.92 Å². The van der Waals surface area contributed by atoms with Crippen molar-refractivity contribution in [2.45, 2.75) is 46.5 Å². The number of hydrogen-bond donors (Lipinski definition) is 1. The van der Waals surface area contributed by atoms with E-state index in [2.05, 4.69) is 68.4 Å². The molecule has 2 rings (SSSR count). The van der Waals surface area contributed by atoms with E-state index < -0.39 is 5.97 Å². The Hall–Kier alpha value is -2.09. The third kappa shape index (κ3) is 6.27. The Morgan fingerprint density at radius 1 is 0.870 bits per heavy atom. The average molecular weight is 312 g/mol. The number of carboxylic acid groups (broad SMARTS) is 1. The highest BCUT2D eigenvalue weighted by atomic mass is 16.4. The summed E-state index contributed by atoms with van der Waals surface area (Å²) < 4.78 is 0. The van der Waals surface area contributed by atoms with Gasteiger partial charge < -0.3 is 5.11 Å². The van der Waals surface area contributed by atoms with Crippen molar-refractivity contribution in [3.63, 3.8) is 0 Å². The number of hydrogen-bond acceptors (Lipinski definition) is 1. The molecule has 0 saturated heterocycles. The first-order valence-electron chi connectivity index (χ1n) is 8.37. The molecule has 0 amide bonds. The lowest BCUT2D eigenvalue weighted by atomic mass is 9.96. The van der Waals surface area contributed by atoms with Gasteiger partial charge >= 0.3 is 5.97 Å². The normalized spacial score (nSPS) is 12.7. The Bertz CT molecular complexity index is 573. The zero-order valence-corrected chi connectivity index (χ0v) is 14.6. The van der Waals surface area contributed by atoms with Gasteiger partial charge in [0.15, 0.2) is 0 Å². The Kier molecular flexibility index (Phi) is 8.10. The van der Waals surface area contributed by atoms with Gasteiger partial charge in [-0.3, -0.25) is 4.79 Å². The van der Waals surface area contributed by atoms with E-state index in [0.29, 0.717) is 5.92 Å². The summed E-state index contributed by atoms with van der Waals surface area (Å²) in [6.07, 6.45) is 1.92. The van der Waals surface area contributed by atoms with Crippen LogP contribution < -0.4 is 0 Å². The molecule has 2 aromatic rings. The molecule has 0 aliphatic rings. The topological polar surface area (TPSA) is 37.3 Å². The van der Waals surface area contributed by atoms with E-state index in [4.69, 9.17) is 5.11 Å². The third-order valence-electron chi connectivity index (χ3n) is 4.23. The Morgan fingerprint density at radius 3 is 1.78 bits per heavy atom. The standard InChI is InChI=1S/C16H18.C5H10O2/c1-3-13(2)14-9-11-16(12-10-14)15-7-5-4-6-8-15;1-3-4(2)5(6)7/h4-13H,3H2,1-2H3;4H,3H2,1-2H3,(H,6,7). The van der Waals surface area contributed by atoms with Crippen LogP contribution in [0.1, 0.15) is 52.0 Å². The minimum atomic E-state index is -0.706. The molecule has 2 atom stereocenters. The molecule has 2 aromatic carbocycles. The van der Waals surface area contributed by atoms with Crippen molar-refractivity contribution in [3.05, 3.63) is 60.2 Å². The largest absolute Gasteiger partial charge is 0.481 e. The number of aliphatic carboxylic acids is 1. The summed E-state index contributed by atoms with van der Waals surface area (Å²) in [5.74, 6) is -0.229. The van der Waals surface area contributed by atoms with Crippen LogP contribution in [0, 0.1) is 5.92 Å². The van der Waals surface area contributed by atoms with Gasteiger partial charge in [0.1, 0.15) is 0 Å². The van der Waals surface area contributed by atoms with Crippen LogP contribution >= 0.6 is 0 Å². The summed E-state index contributed by atoms with van der Waals surface area (Å²) in [6.45, 7) is 8.06. The van der Waals surface area contributed by atoms with Crippen molar-refractivity contribution in [2.24, 2.45) is 5.92 Å². The second-order valence-electron chi connectivity index (χ2n) is 5.94. The van der Waals surface area contributed by atoms with Crippen molar-refractivity contribution >= 4 is 5.97 Å². The Labute approximate surface area is 140 Å². The van der Waals surface area contributed by atoms with Gasteiger partial charge in [-0.1, -0.05) is 82.3 Å². The van der Waals surface area contributed by atoms with Gasteiger partial charge in [-0.15, -0.1) is 0 Å². The summed E-state index contributed by atoms with van der Waals surface area (Å²) in [7, 11) is 0. The van der Waals surface area contributed by atoms with Gasteiger partial charge in [0, 0.05) is 0 Å². The first-order chi connectivity index (χ1) is 11.0. The fourth-order valence-electron chi connectivity index (χ4n) is 2.05. The van der Waals surface area contributed by atoms with E-state index in [0.717, 1.165) is 6.42 Å². The number of rotatable bonds is 5. The summed E-state index contributed by atoms with van der Waals surface area (Å²) in [5.41, 5.74) is 4.02. The van der Waals surface area contributed by atoms with Crippen LogP contribution in [0.15, 0.2) is 54.6 Å². The van der Waals surface area contributed by atoms with E-state index >= 15 is 0 Å². The van der Waals surface area contributed by atoms with Crippen molar-refractivity contribution in [1.29, 1.82) is 0 Å². The molecule has 0 aromatic heterocycles. The number of benzene rings is 2. The monoisotopic (exact) mass is 312 g/mol. The third-order valence-corrected chi connectivity index (χ3v) is 4.23. The van der Waals surface area contributed by atoms with E-state index in [1.807, 2.05) is 6.92 Å². The average Bonchev–Trinajstić information content (AvgIpc) is 2.61. The molecule has 1 N–H and O–H groups in total. The minimum Gasteiger partial charge on any atom is -0.481 e. The fraction of sp³-hybridized carbons (Fsp3) is 0.381. The van der Waals surface area contributed by atoms with Crippen molar-refractivity contribution < 1.29 is 9.90 Å². The van der Waals surface area contributed by atoms with Crippen molar-refractivity contribution in [3.8, 4) is 11.1 Å². The predicted octanol–water partition coefficient (Wildman–Crippen LogP) is 5.98. The maximum Gasteiger partial charge on any atom is 0.306 e. The molecule has 0 fully saturated rings. The maximum atomic E-state index is 9.93. The zero-order chi connectivity index (χ0) is 17.2. The van der Waals surface area contributed by atoms with E-state index in [9.17, 15) is 4.79 Å².